The summed E-state index contributed by atoms with van der Waals surface area (Å²) in [6, 6.07) is 32.1. The molecule has 0 saturated heterocycles. The van der Waals surface area contributed by atoms with Gasteiger partial charge in [-0.1, -0.05) is 130 Å². The highest BCUT2D eigenvalue weighted by atomic mass is 16.5. The second kappa shape index (κ2) is 28.3. The Hall–Kier alpha value is -8.14. The van der Waals surface area contributed by atoms with Crippen molar-refractivity contribution in [2.75, 3.05) is 13.2 Å². The van der Waals surface area contributed by atoms with Crippen LogP contribution in [-0.4, -0.2) is 18.3 Å². The molecular weight excluding hydrogens is 733 g/mol. The van der Waals surface area contributed by atoms with Crippen LogP contribution in [0.3, 0.4) is 0 Å². The number of hydrogen-bond donors (Lipinski definition) is 1. The normalized spacial score (nSPS) is 8.87. The van der Waals surface area contributed by atoms with Crippen molar-refractivity contribution in [1.82, 2.24) is 0 Å². The predicted octanol–water partition coefficient (Wildman–Crippen LogP) is 9.05. The van der Waals surface area contributed by atoms with Gasteiger partial charge in [0.15, 0.2) is 0 Å². The molecule has 0 aromatic heterocycles. The summed E-state index contributed by atoms with van der Waals surface area (Å²) in [4.78, 5) is 0. The lowest BCUT2D eigenvalue weighted by molar-refractivity contribution is 0.126. The largest absolute Gasteiger partial charge is 0.494 e. The molecule has 0 bridgehead atoms. The van der Waals surface area contributed by atoms with E-state index in [1.165, 1.54) is 44.9 Å². The first-order valence-corrected chi connectivity index (χ1v) is 19.8. The Morgan fingerprint density at radius 2 is 0.800 bits per heavy atom. The molecule has 0 aliphatic heterocycles. The number of ether oxygens (including phenoxy) is 2. The van der Waals surface area contributed by atoms with E-state index in [-0.39, 0.29) is 0 Å². The molecule has 3 heteroatoms. The van der Waals surface area contributed by atoms with Crippen molar-refractivity contribution in [2.45, 2.75) is 69.8 Å². The van der Waals surface area contributed by atoms with Crippen LogP contribution in [0.1, 0.15) is 80.9 Å². The Bertz CT molecular complexity index is 2700. The van der Waals surface area contributed by atoms with Crippen molar-refractivity contribution >= 4 is 10.8 Å². The molecule has 288 valence electrons. The fourth-order valence-corrected chi connectivity index (χ4v) is 5.96. The van der Waals surface area contributed by atoms with E-state index >= 15 is 0 Å². The lowest BCUT2D eigenvalue weighted by Gasteiger charge is -2.30. The Kier molecular flexibility index (Phi) is 21.0. The zero-order valence-corrected chi connectivity index (χ0v) is 33.6. The van der Waals surface area contributed by atoms with Crippen molar-refractivity contribution < 1.29 is 14.6 Å². The average molecular weight is 775 g/mol. The van der Waals surface area contributed by atoms with Gasteiger partial charge in [-0.25, -0.2) is 0 Å². The average Bonchev–Trinajstić information content (AvgIpc) is 3.29. The highest BCUT2D eigenvalue weighted by molar-refractivity contribution is 5.85. The zero-order valence-electron chi connectivity index (χ0n) is 33.6. The van der Waals surface area contributed by atoms with Crippen molar-refractivity contribution in [3.63, 3.8) is 0 Å². The van der Waals surface area contributed by atoms with Gasteiger partial charge in [0, 0.05) is 71.0 Å². The molecular formula is C57H42O3. The number of terminal acetylenes is 1. The molecule has 0 radical (unpaired) electrons. The van der Waals surface area contributed by atoms with Gasteiger partial charge in [-0.3, -0.25) is 0 Å². The summed E-state index contributed by atoms with van der Waals surface area (Å²) < 4.78 is 11.4. The van der Waals surface area contributed by atoms with Crippen LogP contribution >= 0.6 is 0 Å². The van der Waals surface area contributed by atoms with Crippen LogP contribution in [0.4, 0.5) is 0 Å². The summed E-state index contributed by atoms with van der Waals surface area (Å²) in [6.07, 6.45) is 19.4. The first kappa shape index (κ1) is 44.6. The number of rotatable bonds is 17. The van der Waals surface area contributed by atoms with Crippen LogP contribution in [-0.2, 0) is 10.3 Å². The summed E-state index contributed by atoms with van der Waals surface area (Å²) in [6.45, 7) is 1.31. The molecule has 0 heterocycles. The SMILES string of the molecule is C#CC#CC#CC#CC#CC#CC#CC#CC#CC#CC#COCCCCCCCCCCCCOc1ccc2cc(C(O)(c3ccccc3)c3ccccc3)ccc2c1. The molecule has 3 nitrogen and oxygen atoms in total. The van der Waals surface area contributed by atoms with Gasteiger partial charge in [0.2, 0.25) is 0 Å². The number of benzene rings is 4. The minimum Gasteiger partial charge on any atom is -0.494 e. The molecule has 0 fully saturated rings. The smallest absolute Gasteiger partial charge is 0.140 e. The number of hydrogen-bond acceptors (Lipinski definition) is 3. The summed E-state index contributed by atoms with van der Waals surface area (Å²) in [7, 11) is 0. The molecule has 0 aliphatic rings. The standard InChI is InChI=1S/C57H42O3/c1-2-3-4-5-6-7-8-9-10-11-12-13-14-15-16-17-20-23-26-35-46-59-47-36-27-24-21-18-19-22-25-28-37-48-60-56-45-43-51-49-55(44-42-52(51)50-56)57(58,53-38-31-29-32-39-53)54-40-33-30-34-41-54/h1,29-34,38-45,49-50,58H,18-19,21-22,24-25,27-28,36-37,47-48H2. The lowest BCUT2D eigenvalue weighted by Crippen LogP contribution is -2.28. The minimum atomic E-state index is -1.25. The molecule has 0 spiro atoms. The molecule has 60 heavy (non-hydrogen) atoms. The van der Waals surface area contributed by atoms with E-state index in [1.807, 2.05) is 72.8 Å². The quantitative estimate of drug-likeness (QED) is 0.0662. The Morgan fingerprint density at radius 3 is 1.28 bits per heavy atom. The third kappa shape index (κ3) is 16.9. The van der Waals surface area contributed by atoms with Gasteiger partial charge in [0.05, 0.1) is 6.61 Å². The van der Waals surface area contributed by atoms with E-state index in [9.17, 15) is 5.11 Å². The molecule has 4 aromatic rings. The maximum atomic E-state index is 12.2. The first-order valence-electron chi connectivity index (χ1n) is 19.8. The van der Waals surface area contributed by atoms with E-state index in [0.29, 0.717) is 13.2 Å². The highest BCUT2D eigenvalue weighted by Gasteiger charge is 2.33. The van der Waals surface area contributed by atoms with Crippen molar-refractivity contribution in [3.05, 3.63) is 114 Å². The Balaban J connectivity index is 1.000. The van der Waals surface area contributed by atoms with Gasteiger partial charge in [0.1, 0.15) is 24.1 Å². The van der Waals surface area contributed by atoms with Crippen LogP contribution in [0.5, 0.6) is 5.75 Å². The summed E-state index contributed by atoms with van der Waals surface area (Å²) in [5.74, 6) is 51.0. The van der Waals surface area contributed by atoms with Gasteiger partial charge in [-0.2, -0.15) is 0 Å². The molecule has 4 aromatic carbocycles. The molecule has 4 rings (SSSR count). The second-order valence-corrected chi connectivity index (χ2v) is 13.0. The Labute approximate surface area is 357 Å². The predicted molar refractivity (Wildman–Crippen MR) is 243 cm³/mol. The van der Waals surface area contributed by atoms with Gasteiger partial charge < -0.3 is 14.6 Å². The lowest BCUT2D eigenvalue weighted by atomic mass is 9.80. The van der Waals surface area contributed by atoms with Crippen LogP contribution in [0.15, 0.2) is 97.1 Å². The van der Waals surface area contributed by atoms with Gasteiger partial charge in [-0.15, -0.1) is 6.42 Å². The summed E-state index contributed by atoms with van der Waals surface area (Å²) >= 11 is 0. The number of unbranched alkanes of at least 4 members (excludes halogenated alkanes) is 9. The fraction of sp³-hybridized carbons (Fsp3) is 0.228. The molecule has 0 saturated carbocycles. The fourth-order valence-electron chi connectivity index (χ4n) is 5.96. The van der Waals surface area contributed by atoms with Gasteiger partial charge >= 0.3 is 0 Å². The van der Waals surface area contributed by atoms with Gasteiger partial charge in [-0.05, 0) is 106 Å². The Morgan fingerprint density at radius 1 is 0.400 bits per heavy atom. The first-order chi connectivity index (χ1) is 29.7. The van der Waals surface area contributed by atoms with E-state index in [1.54, 1.807) is 0 Å². The third-order valence-electron chi connectivity index (χ3n) is 8.84. The molecule has 0 amide bonds. The van der Waals surface area contributed by atoms with E-state index in [0.717, 1.165) is 52.5 Å². The van der Waals surface area contributed by atoms with Crippen molar-refractivity contribution in [3.8, 4) is 137 Å². The van der Waals surface area contributed by atoms with Crippen LogP contribution in [0.2, 0.25) is 0 Å². The zero-order chi connectivity index (χ0) is 42.0. The number of aliphatic hydroxyl groups is 1. The third-order valence-corrected chi connectivity index (χ3v) is 8.84. The van der Waals surface area contributed by atoms with Crippen LogP contribution < -0.4 is 4.74 Å². The van der Waals surface area contributed by atoms with Crippen LogP contribution in [0, 0.1) is 131 Å². The maximum absolute atomic E-state index is 12.2. The van der Waals surface area contributed by atoms with Gasteiger partial charge in [0.25, 0.3) is 0 Å². The number of fused-ring (bicyclic) bond motifs is 1. The van der Waals surface area contributed by atoms with E-state index < -0.39 is 5.60 Å². The van der Waals surface area contributed by atoms with E-state index in [4.69, 9.17) is 15.9 Å². The second-order valence-electron chi connectivity index (χ2n) is 13.0. The molecule has 0 atom stereocenters. The van der Waals surface area contributed by atoms with Crippen LogP contribution in [0.25, 0.3) is 10.8 Å². The topological polar surface area (TPSA) is 38.7 Å². The van der Waals surface area contributed by atoms with Crippen molar-refractivity contribution in [1.29, 1.82) is 0 Å². The van der Waals surface area contributed by atoms with E-state index in [2.05, 4.69) is 149 Å². The summed E-state index contributed by atoms with van der Waals surface area (Å²) in [5, 5.41) is 14.3. The molecule has 0 aliphatic carbocycles. The molecule has 0 unspecified atom stereocenters. The minimum absolute atomic E-state index is 0.598. The summed E-state index contributed by atoms with van der Waals surface area (Å²) in [5.41, 5.74) is 1.25. The van der Waals surface area contributed by atoms with Crippen molar-refractivity contribution in [2.24, 2.45) is 0 Å². The monoisotopic (exact) mass is 774 g/mol. The highest BCUT2D eigenvalue weighted by Crippen LogP contribution is 2.38. The maximum Gasteiger partial charge on any atom is 0.140 e. The molecule has 1 N–H and O–H groups in total.